The molecule has 47 heavy (non-hydrogen) atoms. The summed E-state index contributed by atoms with van der Waals surface area (Å²) in [5.41, 5.74) is 2.41. The first-order valence-electron chi connectivity index (χ1n) is 17.0. The van der Waals surface area contributed by atoms with Gasteiger partial charge in [-0.25, -0.2) is 4.98 Å². The fourth-order valence-electron chi connectivity index (χ4n) is 8.54. The predicted octanol–water partition coefficient (Wildman–Crippen LogP) is 5.41. The van der Waals surface area contributed by atoms with Gasteiger partial charge in [0.15, 0.2) is 5.82 Å². The highest BCUT2D eigenvalue weighted by Crippen LogP contribution is 2.57. The summed E-state index contributed by atoms with van der Waals surface area (Å²) >= 11 is 6.37. The fourth-order valence-corrected chi connectivity index (χ4v) is 8.69. The minimum atomic E-state index is -0.263. The topological polar surface area (TPSA) is 120 Å². The molecule has 4 bridgehead atoms. The second-order valence-electron chi connectivity index (χ2n) is 13.8. The maximum Gasteiger partial charge on any atom is 0.247 e. The van der Waals surface area contributed by atoms with Gasteiger partial charge in [-0.2, -0.15) is 10.1 Å². The highest BCUT2D eigenvalue weighted by atomic mass is 35.5. The number of anilines is 4. The van der Waals surface area contributed by atoms with E-state index in [0.29, 0.717) is 40.8 Å². The number of hydrogen-bond acceptors (Lipinski definition) is 8. The van der Waals surface area contributed by atoms with Crippen LogP contribution in [0.25, 0.3) is 0 Å². The first kappa shape index (κ1) is 31.6. The Balaban J connectivity index is 0.852. The Hall–Kier alpha value is -3.96. The average Bonchev–Trinajstić information content (AvgIpc) is 3.52. The van der Waals surface area contributed by atoms with Crippen molar-refractivity contribution in [2.75, 3.05) is 48.7 Å². The molecule has 4 aliphatic carbocycles. The number of piperazine rings is 1. The highest BCUT2D eigenvalue weighted by molar-refractivity contribution is 6.32. The molecule has 248 valence electrons. The molecular weight excluding hydrogens is 614 g/mol. The summed E-state index contributed by atoms with van der Waals surface area (Å²) in [4.78, 5) is 38.3. The van der Waals surface area contributed by atoms with Gasteiger partial charge in [-0.05, 0) is 85.5 Å². The summed E-state index contributed by atoms with van der Waals surface area (Å²) in [5.74, 6) is 5.18. The molecule has 1 aliphatic heterocycles. The maximum absolute atomic E-state index is 13.3. The lowest BCUT2D eigenvalue weighted by molar-refractivity contribution is -0.138. The van der Waals surface area contributed by atoms with E-state index in [1.165, 1.54) is 38.2 Å². The lowest BCUT2D eigenvalue weighted by Gasteiger charge is -2.54. The summed E-state index contributed by atoms with van der Waals surface area (Å²) in [7, 11) is 0. The molecule has 12 heteroatoms. The number of hydrogen-bond donors (Lipinski definition) is 3. The summed E-state index contributed by atoms with van der Waals surface area (Å²) in [6.45, 7) is 9.02. The number of amides is 2. The number of halogens is 1. The second-order valence-corrected chi connectivity index (χ2v) is 14.2. The Morgan fingerprint density at radius 2 is 1.74 bits per heavy atom. The van der Waals surface area contributed by atoms with Gasteiger partial charge in [0.25, 0.3) is 0 Å². The molecule has 3 heterocycles. The lowest BCUT2D eigenvalue weighted by atomic mass is 9.51. The molecule has 2 aromatic heterocycles. The van der Waals surface area contributed by atoms with Gasteiger partial charge in [0, 0.05) is 57.6 Å². The van der Waals surface area contributed by atoms with E-state index in [0.717, 1.165) is 80.6 Å². The molecule has 0 atom stereocenters. The third kappa shape index (κ3) is 7.62. The molecule has 2 amide bonds. The largest absolute Gasteiger partial charge is 0.365 e. The molecule has 0 radical (unpaired) electrons. The number of carbonyl (C=O) groups excluding carboxylic acids is 2. The highest BCUT2D eigenvalue weighted by Gasteiger charge is 2.48. The van der Waals surface area contributed by atoms with E-state index in [9.17, 15) is 9.59 Å². The van der Waals surface area contributed by atoms with Crippen molar-refractivity contribution in [1.29, 1.82) is 0 Å². The van der Waals surface area contributed by atoms with E-state index in [4.69, 9.17) is 11.6 Å². The zero-order valence-electron chi connectivity index (χ0n) is 26.8. The third-order valence-corrected chi connectivity index (χ3v) is 11.0. The van der Waals surface area contributed by atoms with Crippen molar-refractivity contribution in [2.45, 2.75) is 51.6 Å². The van der Waals surface area contributed by atoms with Gasteiger partial charge in [0.2, 0.25) is 17.8 Å². The predicted molar refractivity (Wildman–Crippen MR) is 183 cm³/mol. The van der Waals surface area contributed by atoms with Gasteiger partial charge < -0.3 is 20.9 Å². The molecule has 1 saturated heterocycles. The minimum absolute atomic E-state index is 0.263. The number of carbonyl (C=O) groups is 2. The minimum Gasteiger partial charge on any atom is -0.365 e. The molecule has 11 nitrogen and oxygen atoms in total. The third-order valence-electron chi connectivity index (χ3n) is 10.7. The van der Waals surface area contributed by atoms with Crippen LogP contribution in [-0.2, 0) is 22.7 Å². The van der Waals surface area contributed by atoms with Crippen LogP contribution in [0.2, 0.25) is 5.02 Å². The van der Waals surface area contributed by atoms with Gasteiger partial charge in [0.1, 0.15) is 5.02 Å². The first-order chi connectivity index (χ1) is 22.9. The van der Waals surface area contributed by atoms with Crippen molar-refractivity contribution in [1.82, 2.24) is 29.5 Å². The van der Waals surface area contributed by atoms with Gasteiger partial charge in [-0.1, -0.05) is 30.3 Å². The zero-order chi connectivity index (χ0) is 32.3. The van der Waals surface area contributed by atoms with Crippen molar-refractivity contribution in [3.05, 3.63) is 66.1 Å². The maximum atomic E-state index is 13.3. The van der Waals surface area contributed by atoms with Crippen molar-refractivity contribution in [3.63, 3.8) is 0 Å². The molecular formula is C35H44ClN9O2. The summed E-state index contributed by atoms with van der Waals surface area (Å²) in [6.07, 6.45) is 14.2. The monoisotopic (exact) mass is 657 g/mol. The van der Waals surface area contributed by atoms with Crippen LogP contribution in [0.4, 0.5) is 23.1 Å². The van der Waals surface area contributed by atoms with Crippen molar-refractivity contribution >= 4 is 46.6 Å². The van der Waals surface area contributed by atoms with Crippen LogP contribution in [0.15, 0.2) is 55.5 Å². The molecule has 5 aliphatic rings. The molecule has 0 unspecified atom stereocenters. The van der Waals surface area contributed by atoms with Crippen molar-refractivity contribution in [2.24, 2.45) is 29.6 Å². The normalized spacial score (nSPS) is 25.0. The molecule has 3 aromatic rings. The Bertz CT molecular complexity index is 1570. The standard InChI is InChI=1S/C35H44ClN9O2/c1-2-32(46)40-28-5-3-4-23(17-28)19-37-34-31(36)21-38-35(42-34)41-29-20-39-45(22-29)11-8-43-6-9-44(10-7-43)33(47)18-30-26-13-24-12-25(15-26)16-27(30)14-24/h2-5,17,20-22,24-27,30H,1,6-16,18-19H2,(H,40,46)(H2,37,38,41,42). The molecule has 0 spiro atoms. The summed E-state index contributed by atoms with van der Waals surface area (Å²) < 4.78 is 1.92. The smallest absolute Gasteiger partial charge is 0.247 e. The van der Waals surface area contributed by atoms with Crippen LogP contribution in [-0.4, -0.2) is 74.1 Å². The van der Waals surface area contributed by atoms with Gasteiger partial charge >= 0.3 is 0 Å². The molecule has 5 fully saturated rings. The number of benzene rings is 1. The summed E-state index contributed by atoms with van der Waals surface area (Å²) in [5, 5.41) is 14.1. The van der Waals surface area contributed by atoms with Crippen LogP contribution in [0.3, 0.4) is 0 Å². The molecule has 3 N–H and O–H groups in total. The van der Waals surface area contributed by atoms with Gasteiger partial charge in [-0.15, -0.1) is 0 Å². The van der Waals surface area contributed by atoms with Crippen LogP contribution >= 0.6 is 11.6 Å². The Kier molecular flexibility index (Phi) is 9.44. The molecule has 8 rings (SSSR count). The Morgan fingerprint density at radius 1 is 0.979 bits per heavy atom. The number of nitrogens with one attached hydrogen (secondary N) is 3. The summed E-state index contributed by atoms with van der Waals surface area (Å²) in [6, 6.07) is 7.51. The SMILES string of the molecule is C=CC(=O)Nc1cccc(CNc2nc(Nc3cnn(CCN4CCN(C(=O)CC5C6CC7CC(C6)CC5C7)CC4)c3)ncc2Cl)c1. The Labute approximate surface area is 281 Å². The Morgan fingerprint density at radius 3 is 2.49 bits per heavy atom. The van der Waals surface area contributed by atoms with Gasteiger partial charge in [-0.3, -0.25) is 19.2 Å². The molecule has 1 aromatic carbocycles. The van der Waals surface area contributed by atoms with E-state index in [1.54, 1.807) is 12.4 Å². The van der Waals surface area contributed by atoms with E-state index >= 15 is 0 Å². The van der Waals surface area contributed by atoms with Gasteiger partial charge in [0.05, 0.1) is 24.6 Å². The van der Waals surface area contributed by atoms with Crippen molar-refractivity contribution < 1.29 is 9.59 Å². The number of nitrogens with zero attached hydrogens (tertiary/aromatic N) is 6. The second kappa shape index (κ2) is 14.0. The lowest BCUT2D eigenvalue weighted by Crippen LogP contribution is -2.51. The van der Waals surface area contributed by atoms with E-state index < -0.39 is 0 Å². The fraction of sp³-hybridized carbons (Fsp3) is 0.514. The molecule has 4 saturated carbocycles. The van der Waals surface area contributed by atoms with Crippen molar-refractivity contribution in [3.8, 4) is 0 Å². The van der Waals surface area contributed by atoms with E-state index in [-0.39, 0.29) is 5.91 Å². The quantitative estimate of drug-likeness (QED) is 0.221. The van der Waals surface area contributed by atoms with E-state index in [2.05, 4.69) is 47.4 Å². The van der Waals surface area contributed by atoms with Crippen LogP contribution in [0.1, 0.15) is 44.1 Å². The zero-order valence-corrected chi connectivity index (χ0v) is 27.5. The van der Waals surface area contributed by atoms with E-state index in [1.807, 2.05) is 35.1 Å². The van der Waals surface area contributed by atoms with Crippen LogP contribution in [0, 0.1) is 29.6 Å². The first-order valence-corrected chi connectivity index (χ1v) is 17.3. The number of rotatable bonds is 12. The van der Waals surface area contributed by atoms with Crippen LogP contribution in [0.5, 0.6) is 0 Å². The van der Waals surface area contributed by atoms with Crippen LogP contribution < -0.4 is 16.0 Å². The average molecular weight is 658 g/mol. The number of aromatic nitrogens is 4.